The third-order valence-electron chi connectivity index (χ3n) is 4.98. The van der Waals surface area contributed by atoms with Crippen LogP contribution in [0.4, 0.5) is 0 Å². The fourth-order valence-electron chi connectivity index (χ4n) is 3.30. The van der Waals surface area contributed by atoms with Crippen molar-refractivity contribution in [3.05, 3.63) is 53.6 Å². The number of benzene rings is 2. The van der Waals surface area contributed by atoms with Gasteiger partial charge in [-0.15, -0.1) is 0 Å². The zero-order valence-electron chi connectivity index (χ0n) is 19.5. The first kappa shape index (κ1) is 25.3. The Labute approximate surface area is 212 Å². The summed E-state index contributed by atoms with van der Waals surface area (Å²) >= 11 is 0.738. The molecule has 188 valence electrons. The molecule has 36 heavy (non-hydrogen) atoms. The van der Waals surface area contributed by atoms with Gasteiger partial charge in [0.25, 0.3) is 5.91 Å². The normalized spacial score (nSPS) is 16.4. The molecule has 0 saturated carbocycles. The second-order valence-corrected chi connectivity index (χ2v) is 10.1. The molecule has 2 aromatic carbocycles. The number of fused-ring (bicyclic) bond motifs is 1. The Bertz CT molecular complexity index is 1420. The van der Waals surface area contributed by atoms with Crippen LogP contribution in [0, 0.1) is 5.41 Å². The van der Waals surface area contributed by atoms with Crippen molar-refractivity contribution < 1.29 is 32.2 Å². The number of methoxy groups -OCH3 is 2. The number of carbonyl (C=O) groups excluding carboxylic acids is 1. The van der Waals surface area contributed by atoms with Crippen molar-refractivity contribution in [2.75, 3.05) is 33.7 Å². The van der Waals surface area contributed by atoms with Crippen molar-refractivity contribution >= 4 is 49.9 Å². The summed E-state index contributed by atoms with van der Waals surface area (Å²) in [6.45, 7) is 0.529. The third-order valence-corrected chi connectivity index (χ3v) is 6.73. The van der Waals surface area contributed by atoms with Crippen molar-refractivity contribution in [1.29, 1.82) is 5.41 Å². The van der Waals surface area contributed by atoms with Gasteiger partial charge in [0.2, 0.25) is 20.2 Å². The number of rotatable bonds is 8. The van der Waals surface area contributed by atoms with E-state index in [1.165, 1.54) is 13.2 Å². The van der Waals surface area contributed by atoms with Gasteiger partial charge in [-0.1, -0.05) is 12.1 Å². The summed E-state index contributed by atoms with van der Waals surface area (Å²) in [5.74, 6) is 1.21. The molecule has 0 unspecified atom stereocenters. The van der Waals surface area contributed by atoms with Crippen molar-refractivity contribution in [1.82, 2.24) is 4.90 Å². The summed E-state index contributed by atoms with van der Waals surface area (Å²) in [5, 5.41) is 8.12. The fourth-order valence-corrected chi connectivity index (χ4v) is 5.14. The van der Waals surface area contributed by atoms with Crippen LogP contribution in [-0.2, 0) is 14.6 Å². The maximum absolute atomic E-state index is 12.5. The van der Waals surface area contributed by atoms with Crippen LogP contribution < -0.4 is 18.9 Å². The van der Waals surface area contributed by atoms with Crippen molar-refractivity contribution in [3.8, 4) is 23.0 Å². The lowest BCUT2D eigenvalue weighted by Crippen LogP contribution is -2.45. The minimum absolute atomic E-state index is 0.0278. The van der Waals surface area contributed by atoms with Crippen LogP contribution in [0.15, 0.2) is 57.4 Å². The second-order valence-electron chi connectivity index (χ2n) is 7.47. The van der Waals surface area contributed by atoms with Crippen molar-refractivity contribution in [2.45, 2.75) is 0 Å². The molecule has 1 N–H and O–H groups in total. The Morgan fingerprint density at radius 3 is 2.50 bits per heavy atom. The van der Waals surface area contributed by atoms with E-state index in [2.05, 4.69) is 9.39 Å². The molecule has 0 aliphatic carbocycles. The fraction of sp³-hybridized carbons (Fsp3) is 0.217. The Morgan fingerprint density at radius 1 is 1.03 bits per heavy atom. The van der Waals surface area contributed by atoms with Gasteiger partial charge in [0.15, 0.2) is 11.5 Å². The molecular weight excluding hydrogens is 508 g/mol. The van der Waals surface area contributed by atoms with Crippen molar-refractivity contribution in [2.24, 2.45) is 9.39 Å². The molecule has 2 aliphatic rings. The largest absolute Gasteiger partial charge is 0.497 e. The number of amidine groups is 3. The van der Waals surface area contributed by atoms with Gasteiger partial charge in [0, 0.05) is 12.3 Å². The molecule has 0 bridgehead atoms. The van der Waals surface area contributed by atoms with Gasteiger partial charge in [-0.2, -0.15) is 9.39 Å². The van der Waals surface area contributed by atoms with Crippen LogP contribution >= 0.6 is 11.9 Å². The van der Waals surface area contributed by atoms with Gasteiger partial charge in [-0.25, -0.2) is 13.3 Å². The van der Waals surface area contributed by atoms with Gasteiger partial charge in [0.1, 0.15) is 30.5 Å². The highest BCUT2D eigenvalue weighted by atomic mass is 32.2. The molecule has 0 saturated heterocycles. The highest BCUT2D eigenvalue weighted by molar-refractivity contribution is 8.16. The quantitative estimate of drug-likeness (QED) is 0.310. The van der Waals surface area contributed by atoms with E-state index in [0.717, 1.165) is 23.1 Å². The van der Waals surface area contributed by atoms with Gasteiger partial charge in [-0.3, -0.25) is 10.2 Å². The predicted molar refractivity (Wildman–Crippen MR) is 137 cm³/mol. The molecule has 0 radical (unpaired) electrons. The first-order chi connectivity index (χ1) is 17.2. The van der Waals surface area contributed by atoms with Crippen molar-refractivity contribution in [3.63, 3.8) is 0 Å². The zero-order chi connectivity index (χ0) is 25.9. The Kier molecular flexibility index (Phi) is 7.31. The topological polar surface area (TPSA) is 140 Å². The summed E-state index contributed by atoms with van der Waals surface area (Å²) in [5.41, 5.74) is 0.447. The summed E-state index contributed by atoms with van der Waals surface area (Å²) in [6.07, 6.45) is 2.42. The number of amides is 1. The van der Waals surface area contributed by atoms with Gasteiger partial charge < -0.3 is 18.9 Å². The molecule has 2 aliphatic heterocycles. The highest BCUT2D eigenvalue weighted by Crippen LogP contribution is 2.32. The predicted octanol–water partition coefficient (Wildman–Crippen LogP) is 2.78. The Balaban J connectivity index is 1.47. The number of carbonyl (C=O) groups is 1. The van der Waals surface area contributed by atoms with Crippen LogP contribution in [0.3, 0.4) is 0 Å². The van der Waals surface area contributed by atoms with E-state index in [1.54, 1.807) is 31.4 Å². The first-order valence-electron chi connectivity index (χ1n) is 10.5. The van der Waals surface area contributed by atoms with Gasteiger partial charge >= 0.3 is 0 Å². The number of nitrogens with one attached hydrogen (secondary N) is 1. The van der Waals surface area contributed by atoms with E-state index < -0.39 is 15.7 Å². The molecule has 2 heterocycles. The molecule has 1 amide bonds. The number of sulfone groups is 1. The molecule has 0 atom stereocenters. The summed E-state index contributed by atoms with van der Waals surface area (Å²) in [6, 6.07) is 12.2. The summed E-state index contributed by atoms with van der Waals surface area (Å²) < 4.78 is 49.9. The lowest BCUT2D eigenvalue weighted by atomic mass is 10.1. The molecule has 0 fully saturated rings. The minimum Gasteiger partial charge on any atom is -0.497 e. The molecule has 4 rings (SSSR count). The van der Waals surface area contributed by atoms with E-state index in [1.807, 2.05) is 18.2 Å². The SMILES string of the molecule is COc1cccc(OCCOc2ccc(C=C3C(=N)N4C(=NC3=O)SN=C4S(C)(=O)=O)cc2OC)c1. The molecule has 0 aromatic heterocycles. The van der Waals surface area contributed by atoms with Gasteiger partial charge in [0.05, 0.1) is 31.7 Å². The third kappa shape index (κ3) is 5.36. The van der Waals surface area contributed by atoms with Gasteiger partial charge in [-0.05, 0) is 35.9 Å². The zero-order valence-corrected chi connectivity index (χ0v) is 21.2. The molecule has 0 spiro atoms. The Hall–Kier alpha value is -3.84. The monoisotopic (exact) mass is 530 g/mol. The second kappa shape index (κ2) is 10.4. The number of hydrogen-bond acceptors (Lipinski definition) is 10. The van der Waals surface area contributed by atoms with Crippen LogP contribution in [-0.4, -0.2) is 69.1 Å². The average molecular weight is 531 g/mol. The van der Waals surface area contributed by atoms with Crippen LogP contribution in [0.2, 0.25) is 0 Å². The Morgan fingerprint density at radius 2 is 1.78 bits per heavy atom. The maximum atomic E-state index is 12.5. The number of hydrogen-bond donors (Lipinski definition) is 1. The van der Waals surface area contributed by atoms with Crippen LogP contribution in [0.1, 0.15) is 5.56 Å². The van der Waals surface area contributed by atoms with E-state index >= 15 is 0 Å². The number of nitrogens with zero attached hydrogens (tertiary/aromatic N) is 3. The lowest BCUT2D eigenvalue weighted by molar-refractivity contribution is -0.114. The number of aliphatic imine (C=N–C) groups is 1. The van der Waals surface area contributed by atoms with Crippen LogP contribution in [0.5, 0.6) is 23.0 Å². The summed E-state index contributed by atoms with van der Waals surface area (Å²) in [7, 11) is -0.666. The van der Waals surface area contributed by atoms with E-state index in [0.29, 0.717) is 28.6 Å². The van der Waals surface area contributed by atoms with E-state index in [4.69, 9.17) is 24.4 Å². The standard InChI is InChI=1S/C23H22N4O7S2/c1-31-15-5-4-6-16(13-15)33-9-10-34-18-8-7-14(12-19(18)32-2)11-17-20(24)27-22(25-21(17)28)35-26-23(27)36(3,29)30/h4-8,11-13,24H,9-10H2,1-3H3. The minimum atomic E-state index is -3.73. The van der Waals surface area contributed by atoms with E-state index in [-0.39, 0.29) is 35.0 Å². The highest BCUT2D eigenvalue weighted by Gasteiger charge is 2.41. The molecular formula is C23H22N4O7S2. The average Bonchev–Trinajstić information content (AvgIpc) is 3.29. The lowest BCUT2D eigenvalue weighted by Gasteiger charge is -2.23. The first-order valence-corrected chi connectivity index (χ1v) is 13.1. The number of ether oxygens (including phenoxy) is 4. The summed E-state index contributed by atoms with van der Waals surface area (Å²) in [4.78, 5) is 17.5. The molecule has 2 aromatic rings. The van der Waals surface area contributed by atoms with E-state index in [9.17, 15) is 13.2 Å². The molecule has 13 heteroatoms. The van der Waals surface area contributed by atoms with Crippen LogP contribution in [0.25, 0.3) is 6.08 Å². The maximum Gasteiger partial charge on any atom is 0.283 e. The smallest absolute Gasteiger partial charge is 0.283 e. The molecule has 11 nitrogen and oxygen atoms in total.